The van der Waals surface area contributed by atoms with Gasteiger partial charge in [0.1, 0.15) is 0 Å². The Bertz CT molecular complexity index is 11300. The highest BCUT2D eigenvalue weighted by Gasteiger charge is 2.30. The third-order valence-electron chi connectivity index (χ3n) is 31.2. The van der Waals surface area contributed by atoms with Gasteiger partial charge in [-0.25, -0.2) is 0 Å². The molecule has 9 heterocycles. The van der Waals surface area contributed by atoms with E-state index in [-0.39, 0.29) is 0 Å². The second kappa shape index (κ2) is 32.4. The molecule has 0 aliphatic rings. The fraction of sp³-hybridized carbons (Fsp3) is 0. The molecule has 9 heteroatoms. The quantitative estimate of drug-likeness (QED) is 0.138. The van der Waals surface area contributed by atoms with Gasteiger partial charge in [0.05, 0.1) is 116 Å². The van der Waals surface area contributed by atoms with E-state index < -0.39 is 0 Å². The first-order valence-electron chi connectivity index (χ1n) is 50.6. The first-order valence-corrected chi connectivity index (χ1v) is 50.6. The van der Waals surface area contributed by atoms with E-state index in [0.29, 0.717) is 0 Å². The van der Waals surface area contributed by atoms with Crippen LogP contribution in [0.5, 0.6) is 0 Å². The molecule has 0 N–H and O–H groups in total. The smallest absolute Gasteiger partial charge is 0.0782 e. The highest BCUT2D eigenvalue weighted by Crippen LogP contribution is 2.51. The molecule has 0 unspecified atom stereocenters. The molecule has 33 aromatic rings. The molecule has 0 saturated carbocycles. The van der Waals surface area contributed by atoms with E-state index in [2.05, 4.69) is 569 Å². The summed E-state index contributed by atoms with van der Waals surface area (Å²) in [6.45, 7) is 0. The van der Waals surface area contributed by atoms with E-state index in [1.807, 2.05) is 0 Å². The molecule has 0 spiro atoms. The predicted octanol–water partition coefficient (Wildman–Crippen LogP) is 36.4. The summed E-state index contributed by atoms with van der Waals surface area (Å²) in [5.74, 6) is 0. The summed E-state index contributed by atoms with van der Waals surface area (Å²) in [5, 5.41) is 30.0. The van der Waals surface area contributed by atoms with Crippen LogP contribution in [0.2, 0.25) is 0 Å². The Kier molecular flexibility index (Phi) is 18.1. The fourth-order valence-corrected chi connectivity index (χ4v) is 25.2. The van der Waals surface area contributed by atoms with Crippen LogP contribution in [0.4, 0.5) is 0 Å². The Morgan fingerprint density at radius 2 is 0.313 bits per heavy atom. The molecule has 33 rings (SSSR count). The van der Waals surface area contributed by atoms with Gasteiger partial charge >= 0.3 is 0 Å². The van der Waals surface area contributed by atoms with Crippen LogP contribution in [0.15, 0.2) is 528 Å². The number of aromatic nitrogens is 9. The van der Waals surface area contributed by atoms with Gasteiger partial charge in [-0.2, -0.15) is 0 Å². The molecule has 0 bridgehead atoms. The zero-order valence-electron chi connectivity index (χ0n) is 79.8. The van der Waals surface area contributed by atoms with Crippen molar-refractivity contribution in [1.82, 2.24) is 41.1 Å². The van der Waals surface area contributed by atoms with Crippen molar-refractivity contribution in [1.29, 1.82) is 0 Å². The monoisotopic (exact) mass is 1870 g/mol. The standard InChI is InChI=1S/3C46H29N3/c1-2-15-32(16-3-1)47-39-21-9-7-18-35(39)37-27-28-42-44(46(37)47)38-19-8-11-23-41(38)49(42)43-24-12-20-36-34-17-6-10-22-40(34)48(45(36)43)33-26-25-30-13-4-5-14-31(30)29-33;1-2-15-32(16-3-1)47-41-23-11-8-19-38(41)44-42(47)28-27-37-35-18-7-10-22-40(35)49(46(37)44)43-24-12-20-36-34-17-6-9-21-39(34)48(45(36)43)33-26-25-30-13-4-5-14-31(30)29-33;1-2-15-32(16-3-1)47-40-22-11-8-19-37(40)45-43(47)28-27-35-34-17-6-9-20-38(34)49(46(35)45)42-24-12-23-41-44(42)36-18-7-10-21-39(36)48(41)33-26-25-30-13-4-5-14-31(30)29-33/h3*1-29H. The molecule has 24 aromatic carbocycles. The maximum Gasteiger partial charge on any atom is 0.0782 e. The first kappa shape index (κ1) is 82.0. The van der Waals surface area contributed by atoms with Crippen LogP contribution in [0, 0.1) is 0 Å². The lowest BCUT2D eigenvalue weighted by Crippen LogP contribution is -2.01. The minimum absolute atomic E-state index is 1.16. The largest absolute Gasteiger partial charge is 0.309 e. The zero-order valence-corrected chi connectivity index (χ0v) is 79.8. The van der Waals surface area contributed by atoms with Crippen molar-refractivity contribution in [3.63, 3.8) is 0 Å². The number of hydrogen-bond acceptors (Lipinski definition) is 0. The number of fused-ring (bicyclic) bond motifs is 33. The van der Waals surface area contributed by atoms with Gasteiger partial charge in [0, 0.05) is 131 Å². The highest BCUT2D eigenvalue weighted by atomic mass is 15.1. The van der Waals surface area contributed by atoms with Crippen molar-refractivity contribution >= 4 is 229 Å². The van der Waals surface area contributed by atoms with Gasteiger partial charge in [0.25, 0.3) is 0 Å². The lowest BCUT2D eigenvalue weighted by molar-refractivity contribution is 1.13. The minimum Gasteiger partial charge on any atom is -0.309 e. The molecule has 0 atom stereocenters. The molecular formula is C138H87N9. The Balaban J connectivity index is 0.0000000999. The summed E-state index contributed by atoms with van der Waals surface area (Å²) in [4.78, 5) is 0. The molecular weight excluding hydrogens is 1780 g/mol. The summed E-state index contributed by atoms with van der Waals surface area (Å²) >= 11 is 0. The number of nitrogens with zero attached hydrogens (tertiary/aromatic N) is 9. The van der Waals surface area contributed by atoms with Gasteiger partial charge in [-0.3, -0.25) is 0 Å². The molecule has 0 aliphatic carbocycles. The van der Waals surface area contributed by atoms with Crippen LogP contribution >= 0.6 is 0 Å². The van der Waals surface area contributed by atoms with E-state index >= 15 is 0 Å². The van der Waals surface area contributed by atoms with Gasteiger partial charge < -0.3 is 41.1 Å². The normalized spacial score (nSPS) is 12.1. The maximum atomic E-state index is 2.54. The summed E-state index contributed by atoms with van der Waals surface area (Å²) < 4.78 is 22.2. The van der Waals surface area contributed by atoms with Crippen LogP contribution in [-0.4, -0.2) is 41.1 Å². The van der Waals surface area contributed by atoms with Gasteiger partial charge in [-0.05, 0) is 202 Å². The van der Waals surface area contributed by atoms with Crippen molar-refractivity contribution in [2.45, 2.75) is 0 Å². The van der Waals surface area contributed by atoms with Crippen molar-refractivity contribution in [3.05, 3.63) is 528 Å². The molecule has 0 fully saturated rings. The van der Waals surface area contributed by atoms with Crippen LogP contribution < -0.4 is 0 Å². The van der Waals surface area contributed by atoms with Crippen LogP contribution in [0.3, 0.4) is 0 Å². The van der Waals surface area contributed by atoms with Gasteiger partial charge in [-0.15, -0.1) is 0 Å². The molecule has 0 aliphatic heterocycles. The van der Waals surface area contributed by atoms with Crippen molar-refractivity contribution in [2.75, 3.05) is 0 Å². The topological polar surface area (TPSA) is 44.4 Å². The Morgan fingerprint density at radius 1 is 0.0952 bits per heavy atom. The van der Waals surface area contributed by atoms with E-state index in [0.717, 1.165) is 45.5 Å². The summed E-state index contributed by atoms with van der Waals surface area (Å²) in [6.07, 6.45) is 0. The fourth-order valence-electron chi connectivity index (χ4n) is 25.2. The lowest BCUT2D eigenvalue weighted by atomic mass is 10.1. The van der Waals surface area contributed by atoms with Crippen molar-refractivity contribution in [3.8, 4) is 51.2 Å². The number of rotatable bonds is 9. The molecule has 0 saturated heterocycles. The van der Waals surface area contributed by atoms with Crippen LogP contribution in [-0.2, 0) is 0 Å². The SMILES string of the molecule is c1ccc(-n2c3ccccc3c3c2ccc2c4ccccc4n(-c4cccc5c4c4ccccc4n5-c4ccc5ccccc5c4)c23)cc1.c1ccc(-n2c3ccccc3c3c2ccc2c4ccccc4n(-c4cccc5c6ccccc6n(-c6ccc7ccccc7c6)c45)c23)cc1.c1ccc(-n2c3ccccc3c3ccc4c(c5ccccc5n4-c4cccc5c6ccccc6n(-c6ccc7ccccc7c6)c45)c32)cc1. The summed E-state index contributed by atoms with van der Waals surface area (Å²) in [7, 11) is 0. The Morgan fingerprint density at radius 3 is 0.687 bits per heavy atom. The Hall–Kier alpha value is -19.7. The summed E-state index contributed by atoms with van der Waals surface area (Å²) in [6, 6.07) is 193. The molecule has 147 heavy (non-hydrogen) atoms. The number of hydrogen-bond donors (Lipinski definition) is 0. The Labute approximate surface area is 842 Å². The predicted molar refractivity (Wildman–Crippen MR) is 621 cm³/mol. The third kappa shape index (κ3) is 12.2. The average molecular weight is 1870 g/mol. The molecule has 0 amide bonds. The van der Waals surface area contributed by atoms with E-state index in [9.17, 15) is 0 Å². The summed E-state index contributed by atoms with van der Waals surface area (Å²) in [5.41, 5.74) is 32.2. The van der Waals surface area contributed by atoms with E-state index in [1.54, 1.807) is 0 Å². The first-order chi connectivity index (χ1) is 73.0. The lowest BCUT2D eigenvalue weighted by Gasteiger charge is -2.15. The average Bonchev–Trinajstić information content (AvgIpc) is 1.54. The van der Waals surface area contributed by atoms with Crippen molar-refractivity contribution in [2.24, 2.45) is 0 Å². The highest BCUT2D eigenvalue weighted by molar-refractivity contribution is 6.31. The molecule has 0 radical (unpaired) electrons. The molecule has 9 nitrogen and oxygen atoms in total. The maximum absolute atomic E-state index is 2.54. The third-order valence-corrected chi connectivity index (χ3v) is 31.2. The van der Waals surface area contributed by atoms with E-state index in [4.69, 9.17) is 0 Å². The van der Waals surface area contributed by atoms with Crippen molar-refractivity contribution < 1.29 is 0 Å². The van der Waals surface area contributed by atoms with Gasteiger partial charge in [0.2, 0.25) is 0 Å². The van der Waals surface area contributed by atoms with Gasteiger partial charge in [-0.1, -0.05) is 358 Å². The second-order valence-corrected chi connectivity index (χ2v) is 38.9. The molecule has 684 valence electrons. The zero-order chi connectivity index (χ0) is 96.2. The second-order valence-electron chi connectivity index (χ2n) is 38.9. The minimum atomic E-state index is 1.16. The molecule has 9 aromatic heterocycles. The van der Waals surface area contributed by atoms with Crippen LogP contribution in [0.1, 0.15) is 0 Å². The van der Waals surface area contributed by atoms with E-state index in [1.165, 1.54) is 234 Å². The van der Waals surface area contributed by atoms with Gasteiger partial charge in [0.15, 0.2) is 0 Å². The number of para-hydroxylation sites is 14. The number of benzene rings is 24. The van der Waals surface area contributed by atoms with Crippen LogP contribution in [0.25, 0.3) is 280 Å².